The van der Waals surface area contributed by atoms with Crippen LogP contribution in [0.1, 0.15) is 0 Å². The Balaban J connectivity index is 1.87. The highest BCUT2D eigenvalue weighted by molar-refractivity contribution is 8.29. The fourth-order valence-corrected chi connectivity index (χ4v) is 17.5. The molecule has 0 amide bonds. The lowest BCUT2D eigenvalue weighted by Gasteiger charge is -2.32. The summed E-state index contributed by atoms with van der Waals surface area (Å²) < 4.78 is 3.47. The first-order valence-corrected chi connectivity index (χ1v) is 16.3. The van der Waals surface area contributed by atoms with Gasteiger partial charge in [-0.1, -0.05) is 24.3 Å². The first-order chi connectivity index (χ1) is 13.9. The van der Waals surface area contributed by atoms with E-state index in [0.717, 1.165) is 0 Å². The lowest BCUT2D eigenvalue weighted by Crippen LogP contribution is -2.05. The van der Waals surface area contributed by atoms with E-state index in [9.17, 15) is 0 Å². The van der Waals surface area contributed by atoms with Gasteiger partial charge in [0.1, 0.15) is 0 Å². The van der Waals surface area contributed by atoms with Crippen molar-refractivity contribution >= 4 is 100 Å². The molecular formula is C22H14S6. The number of hydrogen-bond acceptors (Lipinski definition) is 4. The first kappa shape index (κ1) is 16.5. The van der Waals surface area contributed by atoms with Crippen LogP contribution in [0.4, 0.5) is 0 Å². The van der Waals surface area contributed by atoms with Crippen molar-refractivity contribution in [3.05, 3.63) is 45.4 Å². The first-order valence-electron chi connectivity index (χ1n) is 9.27. The largest absolute Gasteiger partial charge is 0.156 e. The molecule has 138 valence electrons. The maximum Gasteiger partial charge on any atom is 0.0404 e. The molecule has 0 radical (unpaired) electrons. The zero-order chi connectivity index (χ0) is 18.0. The van der Waals surface area contributed by atoms with Crippen LogP contribution in [0.2, 0.25) is 0 Å². The predicted molar refractivity (Wildman–Crippen MR) is 135 cm³/mol. The zero-order valence-electron chi connectivity index (χ0n) is 14.7. The summed E-state index contributed by atoms with van der Waals surface area (Å²) in [7, 11) is 0.759. The standard InChI is InChI=1S/C22H14S6/c1-2-4-12-11(3-1)19-17-18-20(12)26-10-28-8-24-14-6-5-13-15(16(14)22(18)28)21(17)27(7-23-13)9-25-19/h1-6H,7-10H2. The van der Waals surface area contributed by atoms with Crippen molar-refractivity contribution in [2.24, 2.45) is 0 Å². The Bertz CT molecular complexity index is 1450. The minimum absolute atomic E-state index is 0.380. The molecule has 2 unspecified atom stereocenters. The molecule has 8 rings (SSSR count). The van der Waals surface area contributed by atoms with E-state index < -0.39 is 0 Å². The van der Waals surface area contributed by atoms with Crippen LogP contribution in [-0.2, 0) is 0 Å². The topological polar surface area (TPSA) is 0 Å². The molecule has 0 saturated carbocycles. The molecule has 0 aliphatic carbocycles. The van der Waals surface area contributed by atoms with Gasteiger partial charge in [0.2, 0.25) is 0 Å². The molecular weight excluding hydrogens is 457 g/mol. The minimum Gasteiger partial charge on any atom is -0.156 e. The summed E-state index contributed by atoms with van der Waals surface area (Å²) in [5, 5.41) is 14.7. The SMILES string of the molecule is c1ccc2c3c4c5c6c(ccc7c6c6c4c(c2c1)SCS=6CS7)SCS=5CS3. The highest BCUT2D eigenvalue weighted by Gasteiger charge is 2.30. The Kier molecular flexibility index (Phi) is 3.36. The third-order valence-electron chi connectivity index (χ3n) is 6.14. The Labute approximate surface area is 184 Å². The second kappa shape index (κ2) is 5.71. The third kappa shape index (κ3) is 1.88. The second-order valence-corrected chi connectivity index (χ2v) is 16.9. The van der Waals surface area contributed by atoms with Gasteiger partial charge in [-0.15, -0.1) is 47.0 Å². The monoisotopic (exact) mass is 470 g/mol. The molecule has 0 N–H and O–H groups in total. The number of thioether (sulfide) groups is 4. The molecule has 4 heterocycles. The van der Waals surface area contributed by atoms with Crippen LogP contribution in [0.5, 0.6) is 0 Å². The molecule has 4 aromatic carbocycles. The van der Waals surface area contributed by atoms with E-state index in [1.165, 1.54) is 31.1 Å². The normalized spacial score (nSPS) is 24.0. The molecule has 0 nitrogen and oxygen atoms in total. The zero-order valence-corrected chi connectivity index (χ0v) is 19.6. The van der Waals surface area contributed by atoms with Gasteiger partial charge in [-0.2, -0.15) is 21.0 Å². The van der Waals surface area contributed by atoms with Gasteiger partial charge in [-0.25, -0.2) is 0 Å². The van der Waals surface area contributed by atoms with Gasteiger partial charge in [-0.05, 0) is 22.9 Å². The maximum absolute atomic E-state index is 2.43. The Morgan fingerprint density at radius 2 is 1.00 bits per heavy atom. The fourth-order valence-electron chi connectivity index (χ4n) is 5.02. The summed E-state index contributed by atoms with van der Waals surface area (Å²) >= 11 is 8.53. The van der Waals surface area contributed by atoms with Crippen LogP contribution >= 0.6 is 68.0 Å². The van der Waals surface area contributed by atoms with E-state index in [0.29, 0.717) is 21.0 Å². The molecule has 4 aliphatic heterocycles. The molecule has 0 spiro atoms. The van der Waals surface area contributed by atoms with E-state index in [1.807, 2.05) is 0 Å². The van der Waals surface area contributed by atoms with Crippen molar-refractivity contribution in [2.45, 2.75) is 19.6 Å². The quantitative estimate of drug-likeness (QED) is 0.187. The maximum atomic E-state index is 2.43. The van der Waals surface area contributed by atoms with E-state index >= 15 is 0 Å². The molecule has 4 aliphatic rings. The van der Waals surface area contributed by atoms with E-state index in [1.54, 1.807) is 50.1 Å². The Morgan fingerprint density at radius 1 is 0.536 bits per heavy atom. The van der Waals surface area contributed by atoms with Gasteiger partial charge in [0.05, 0.1) is 0 Å². The average molecular weight is 471 g/mol. The van der Waals surface area contributed by atoms with Crippen molar-refractivity contribution < 1.29 is 0 Å². The summed E-state index contributed by atoms with van der Waals surface area (Å²) in [5.74, 6) is 0. The van der Waals surface area contributed by atoms with Crippen LogP contribution in [0.25, 0.3) is 32.3 Å². The number of rotatable bonds is 0. The summed E-state index contributed by atoms with van der Waals surface area (Å²) in [6, 6.07) is 14.1. The van der Waals surface area contributed by atoms with Crippen LogP contribution < -0.4 is 0 Å². The van der Waals surface area contributed by atoms with Crippen LogP contribution in [-0.4, -0.2) is 20.3 Å². The molecule has 6 heteroatoms. The van der Waals surface area contributed by atoms with E-state index in [4.69, 9.17) is 0 Å². The lowest BCUT2D eigenvalue weighted by molar-refractivity contribution is 1.42. The number of benzene rings is 4. The second-order valence-electron chi connectivity index (χ2n) is 7.46. The van der Waals surface area contributed by atoms with Crippen LogP contribution in [0.3, 0.4) is 0 Å². The summed E-state index contributed by atoms with van der Waals surface area (Å²) in [5.41, 5.74) is 0. The van der Waals surface area contributed by atoms with Gasteiger partial charge in [-0.3, -0.25) is 0 Å². The molecule has 2 atom stereocenters. The average Bonchev–Trinajstić information content (AvgIpc) is 2.77. The summed E-state index contributed by atoms with van der Waals surface area (Å²) in [6.07, 6.45) is 0. The van der Waals surface area contributed by atoms with Crippen molar-refractivity contribution in [1.82, 2.24) is 0 Å². The van der Waals surface area contributed by atoms with E-state index in [2.05, 4.69) is 83.4 Å². The van der Waals surface area contributed by atoms with Gasteiger partial charge in [0.15, 0.2) is 0 Å². The Hall–Kier alpha value is -0.240. The van der Waals surface area contributed by atoms with E-state index in [-0.39, 0.29) is 0 Å². The van der Waals surface area contributed by atoms with Gasteiger partial charge < -0.3 is 0 Å². The van der Waals surface area contributed by atoms with Crippen molar-refractivity contribution in [3.8, 4) is 0 Å². The molecule has 28 heavy (non-hydrogen) atoms. The molecule has 0 saturated heterocycles. The molecule has 0 bridgehead atoms. The number of hydrogen-bond donors (Lipinski definition) is 0. The smallest absolute Gasteiger partial charge is 0.0404 e. The fraction of sp³-hybridized carbons (Fsp3) is 0.182. The van der Waals surface area contributed by atoms with Crippen molar-refractivity contribution in [2.75, 3.05) is 20.3 Å². The lowest BCUT2D eigenvalue weighted by atomic mass is 9.99. The predicted octanol–water partition coefficient (Wildman–Crippen LogP) is 8.44. The Morgan fingerprint density at radius 3 is 1.50 bits per heavy atom. The highest BCUT2D eigenvalue weighted by atomic mass is 32.3. The van der Waals surface area contributed by atoms with Crippen molar-refractivity contribution in [3.63, 3.8) is 0 Å². The van der Waals surface area contributed by atoms with Crippen molar-refractivity contribution in [1.29, 1.82) is 0 Å². The van der Waals surface area contributed by atoms with Gasteiger partial charge >= 0.3 is 0 Å². The van der Waals surface area contributed by atoms with Crippen LogP contribution in [0, 0.1) is 9.02 Å². The van der Waals surface area contributed by atoms with Crippen LogP contribution in [0.15, 0.2) is 56.0 Å². The van der Waals surface area contributed by atoms with Gasteiger partial charge in [0, 0.05) is 70.5 Å². The highest BCUT2D eigenvalue weighted by Crippen LogP contribution is 2.60. The third-order valence-corrected chi connectivity index (χ3v) is 17.3. The molecule has 0 aromatic heterocycles. The molecule has 4 aromatic rings. The summed E-state index contributed by atoms with van der Waals surface area (Å²) in [4.78, 5) is 6.26. The summed E-state index contributed by atoms with van der Waals surface area (Å²) in [6.45, 7) is 0. The number of fused-ring (bicyclic) bond motifs is 3. The van der Waals surface area contributed by atoms with Gasteiger partial charge in [0.25, 0.3) is 0 Å². The minimum atomic E-state index is 0.380. The molecule has 0 fully saturated rings.